The zero-order valence-corrected chi connectivity index (χ0v) is 15.9. The molecule has 4 nitrogen and oxygen atoms in total. The van der Waals surface area contributed by atoms with Crippen molar-refractivity contribution in [1.29, 1.82) is 0 Å². The van der Waals surface area contributed by atoms with Crippen molar-refractivity contribution in [3.05, 3.63) is 0 Å². The summed E-state index contributed by atoms with van der Waals surface area (Å²) in [6, 6.07) is 0. The van der Waals surface area contributed by atoms with E-state index in [0.717, 1.165) is 12.8 Å². The quantitative estimate of drug-likeness (QED) is 0.283. The number of hydrogen-bond donors (Lipinski definition) is 1. The minimum atomic E-state index is -3.37. The molecular weight excluding hydrogens is 301 g/mol. The van der Waals surface area contributed by atoms with Gasteiger partial charge in [-0.3, -0.25) is 4.18 Å². The molecule has 0 rings (SSSR count). The molecule has 0 aromatic carbocycles. The molecule has 126 valence electrons. The zero-order valence-electron chi connectivity index (χ0n) is 15.7. The molecule has 0 atom stereocenters. The Labute approximate surface area is 150 Å². The van der Waals surface area contributed by atoms with Crippen LogP contribution in [-0.4, -0.2) is 55.5 Å². The van der Waals surface area contributed by atoms with Gasteiger partial charge in [-0.2, -0.15) is 8.42 Å². The Hall–Kier alpha value is 0.636. The molecule has 0 saturated carbocycles. The maximum Gasteiger partial charge on any atom is 2.00 e. The summed E-state index contributed by atoms with van der Waals surface area (Å²) in [5.41, 5.74) is 0. The molecule has 0 aromatic rings. The van der Waals surface area contributed by atoms with Gasteiger partial charge in [0.1, 0.15) is 0 Å². The standard InChI is InChI=1S/C15H32O4S.Mg.2H/c1-2-3-4-5-6-7-8-9-10-11-15-20(17,18)19-14-12-13-16;;;/h16H,2-15H2,1H3;;;/q;+2;2*-1. The summed E-state index contributed by atoms with van der Waals surface area (Å²) in [6.45, 7) is 2.28. The molecule has 0 aliphatic heterocycles. The minimum absolute atomic E-state index is 0. The molecule has 0 amide bonds. The minimum Gasteiger partial charge on any atom is -1.00 e. The second-order valence-electron chi connectivity index (χ2n) is 5.34. The first-order valence-corrected chi connectivity index (χ1v) is 9.68. The third-order valence-electron chi connectivity index (χ3n) is 3.31. The van der Waals surface area contributed by atoms with Gasteiger partial charge in [0.05, 0.1) is 12.4 Å². The molecule has 0 spiro atoms. The van der Waals surface area contributed by atoms with Gasteiger partial charge in [0.25, 0.3) is 10.1 Å². The van der Waals surface area contributed by atoms with E-state index in [9.17, 15) is 8.42 Å². The van der Waals surface area contributed by atoms with E-state index in [2.05, 4.69) is 6.92 Å². The van der Waals surface area contributed by atoms with Crippen molar-refractivity contribution in [1.82, 2.24) is 0 Å². The number of rotatable bonds is 15. The predicted molar refractivity (Wildman–Crippen MR) is 91.3 cm³/mol. The van der Waals surface area contributed by atoms with Crippen LogP contribution >= 0.6 is 0 Å². The van der Waals surface area contributed by atoms with E-state index in [1.165, 1.54) is 44.9 Å². The second-order valence-corrected chi connectivity index (χ2v) is 7.10. The van der Waals surface area contributed by atoms with E-state index in [1.807, 2.05) is 0 Å². The van der Waals surface area contributed by atoms with E-state index in [0.29, 0.717) is 12.8 Å². The molecule has 0 unspecified atom stereocenters. The van der Waals surface area contributed by atoms with Gasteiger partial charge in [-0.25, -0.2) is 0 Å². The van der Waals surface area contributed by atoms with Crippen LogP contribution in [0, 0.1) is 0 Å². The van der Waals surface area contributed by atoms with Gasteiger partial charge in [-0.15, -0.1) is 0 Å². The number of aliphatic hydroxyl groups excluding tert-OH is 1. The molecule has 21 heavy (non-hydrogen) atoms. The van der Waals surface area contributed by atoms with Crippen LogP contribution in [0.4, 0.5) is 0 Å². The van der Waals surface area contributed by atoms with Gasteiger partial charge >= 0.3 is 23.1 Å². The summed E-state index contributed by atoms with van der Waals surface area (Å²) in [7, 11) is -3.37. The fraction of sp³-hybridized carbons (Fsp3) is 1.00. The summed E-state index contributed by atoms with van der Waals surface area (Å²) in [5, 5.41) is 8.55. The molecule has 0 fully saturated rings. The van der Waals surface area contributed by atoms with E-state index in [4.69, 9.17) is 9.29 Å². The van der Waals surface area contributed by atoms with Gasteiger partial charge < -0.3 is 7.96 Å². The van der Waals surface area contributed by atoms with Crippen LogP contribution in [0.1, 0.15) is 80.4 Å². The van der Waals surface area contributed by atoms with Gasteiger partial charge in [0.15, 0.2) is 0 Å². The van der Waals surface area contributed by atoms with Crippen LogP contribution in [-0.2, 0) is 14.3 Å². The normalized spacial score (nSPS) is 11.3. The molecule has 0 aliphatic rings. The largest absolute Gasteiger partial charge is 2.00 e. The molecule has 0 aromatic heterocycles. The summed E-state index contributed by atoms with van der Waals surface area (Å²) in [5.74, 6) is 0.106. The Morgan fingerprint density at radius 2 is 1.33 bits per heavy atom. The Kier molecular flexibility index (Phi) is 19.3. The topological polar surface area (TPSA) is 63.6 Å². The average Bonchev–Trinajstić information content (AvgIpc) is 2.41. The molecular formula is C15H34MgO4S. The molecule has 0 bridgehead atoms. The van der Waals surface area contributed by atoms with Crippen LogP contribution < -0.4 is 0 Å². The Morgan fingerprint density at radius 3 is 1.81 bits per heavy atom. The van der Waals surface area contributed by atoms with E-state index < -0.39 is 10.1 Å². The molecule has 0 radical (unpaired) electrons. The van der Waals surface area contributed by atoms with Crippen molar-refractivity contribution in [2.24, 2.45) is 0 Å². The van der Waals surface area contributed by atoms with Gasteiger partial charge in [0.2, 0.25) is 0 Å². The van der Waals surface area contributed by atoms with Crippen LogP contribution in [0.15, 0.2) is 0 Å². The predicted octanol–water partition coefficient (Wildman–Crippen LogP) is 3.48. The van der Waals surface area contributed by atoms with Gasteiger partial charge in [0, 0.05) is 6.61 Å². The first-order valence-electron chi connectivity index (χ1n) is 8.10. The first-order chi connectivity index (χ1) is 9.62. The van der Waals surface area contributed by atoms with Gasteiger partial charge in [-0.1, -0.05) is 64.7 Å². The molecule has 0 aliphatic carbocycles. The SMILES string of the molecule is CCCCCCCCCCCCS(=O)(=O)OCCCO.[H-].[H-].[Mg+2]. The van der Waals surface area contributed by atoms with E-state index in [-0.39, 0.29) is 44.9 Å². The number of hydrogen-bond acceptors (Lipinski definition) is 4. The van der Waals surface area contributed by atoms with E-state index in [1.54, 1.807) is 0 Å². The van der Waals surface area contributed by atoms with Gasteiger partial charge in [-0.05, 0) is 12.8 Å². The third-order valence-corrected chi connectivity index (χ3v) is 4.63. The number of unbranched alkanes of at least 4 members (excludes halogenated alkanes) is 9. The van der Waals surface area contributed by atoms with Crippen LogP contribution in [0.2, 0.25) is 0 Å². The summed E-state index contributed by atoms with van der Waals surface area (Å²) in [4.78, 5) is 0. The van der Waals surface area contributed by atoms with Crippen LogP contribution in [0.25, 0.3) is 0 Å². The fourth-order valence-electron chi connectivity index (χ4n) is 2.08. The maximum absolute atomic E-state index is 11.4. The molecule has 0 heterocycles. The monoisotopic (exact) mass is 334 g/mol. The fourth-order valence-corrected chi connectivity index (χ4v) is 3.12. The van der Waals surface area contributed by atoms with Crippen molar-refractivity contribution in [3.63, 3.8) is 0 Å². The Bertz CT molecular complexity index is 304. The first kappa shape index (κ1) is 23.9. The Morgan fingerprint density at radius 1 is 0.857 bits per heavy atom. The van der Waals surface area contributed by atoms with E-state index >= 15 is 0 Å². The van der Waals surface area contributed by atoms with Crippen molar-refractivity contribution in [2.45, 2.75) is 77.6 Å². The molecule has 0 saturated heterocycles. The number of aliphatic hydroxyl groups is 1. The van der Waals surface area contributed by atoms with Crippen molar-refractivity contribution < 1.29 is 20.6 Å². The summed E-state index contributed by atoms with van der Waals surface area (Å²) >= 11 is 0. The van der Waals surface area contributed by atoms with Crippen LogP contribution in [0.5, 0.6) is 0 Å². The Balaban J connectivity index is -0.000000602. The second kappa shape index (κ2) is 17.0. The summed E-state index contributed by atoms with van der Waals surface area (Å²) < 4.78 is 27.6. The molecule has 1 N–H and O–H groups in total. The third kappa shape index (κ3) is 18.6. The molecule has 6 heteroatoms. The van der Waals surface area contributed by atoms with Crippen molar-refractivity contribution in [2.75, 3.05) is 19.0 Å². The van der Waals surface area contributed by atoms with Crippen molar-refractivity contribution >= 4 is 33.2 Å². The zero-order chi connectivity index (χ0) is 15.1. The average molecular weight is 335 g/mol. The summed E-state index contributed by atoms with van der Waals surface area (Å²) in [6.07, 6.45) is 12.2. The van der Waals surface area contributed by atoms with Crippen molar-refractivity contribution in [3.8, 4) is 0 Å². The maximum atomic E-state index is 11.4. The van der Waals surface area contributed by atoms with Crippen LogP contribution in [0.3, 0.4) is 0 Å². The smallest absolute Gasteiger partial charge is 1.00 e.